The number of H-pyrrole nitrogens is 1. The zero-order valence-electron chi connectivity index (χ0n) is 12.5. The number of hydrogen-bond donors (Lipinski definition) is 1. The standard InChI is InChI=1S/C17H18ClN3O/c1-2-12-3-5-13(6-4-12)14-7-9-21(10-8-14)15-11-19-20-17(22)16(15)18/h3-7,11H,2,8-10H2,1H3,(H,20,22). The van der Waals surface area contributed by atoms with Gasteiger partial charge in [0.15, 0.2) is 0 Å². The summed E-state index contributed by atoms with van der Waals surface area (Å²) >= 11 is 6.07. The van der Waals surface area contributed by atoms with Crippen molar-refractivity contribution in [1.29, 1.82) is 0 Å². The van der Waals surface area contributed by atoms with Gasteiger partial charge in [0.05, 0.1) is 11.9 Å². The van der Waals surface area contributed by atoms with Crippen molar-refractivity contribution in [3.63, 3.8) is 0 Å². The summed E-state index contributed by atoms with van der Waals surface area (Å²) in [5, 5.41) is 6.38. The van der Waals surface area contributed by atoms with E-state index in [0.717, 1.165) is 25.9 Å². The summed E-state index contributed by atoms with van der Waals surface area (Å²) in [5.74, 6) is 0. The lowest BCUT2D eigenvalue weighted by Gasteiger charge is -2.28. The van der Waals surface area contributed by atoms with Crippen LogP contribution in [0.25, 0.3) is 5.57 Å². The third-order valence-corrected chi connectivity index (χ3v) is 4.43. The van der Waals surface area contributed by atoms with Crippen LogP contribution in [0.2, 0.25) is 5.02 Å². The summed E-state index contributed by atoms with van der Waals surface area (Å²) in [6.45, 7) is 3.72. The largest absolute Gasteiger partial charge is 0.365 e. The van der Waals surface area contributed by atoms with E-state index in [9.17, 15) is 4.79 Å². The molecule has 0 fully saturated rings. The number of nitrogens with zero attached hydrogens (tertiary/aromatic N) is 2. The summed E-state index contributed by atoms with van der Waals surface area (Å²) in [6.07, 6.45) is 5.79. The topological polar surface area (TPSA) is 49.0 Å². The Morgan fingerprint density at radius 2 is 2.09 bits per heavy atom. The number of rotatable bonds is 3. The zero-order chi connectivity index (χ0) is 15.5. The van der Waals surface area contributed by atoms with Crippen molar-refractivity contribution in [2.75, 3.05) is 18.0 Å². The highest BCUT2D eigenvalue weighted by Gasteiger charge is 2.17. The van der Waals surface area contributed by atoms with Crippen LogP contribution in [0.15, 0.2) is 41.3 Å². The Labute approximate surface area is 134 Å². The van der Waals surface area contributed by atoms with E-state index in [4.69, 9.17) is 11.6 Å². The van der Waals surface area contributed by atoms with Gasteiger partial charge in [-0.25, -0.2) is 5.10 Å². The molecule has 114 valence electrons. The SMILES string of the molecule is CCc1ccc(C2=CCN(c3cn[nH]c(=O)c3Cl)CC2)cc1. The van der Waals surface area contributed by atoms with Crippen LogP contribution in [-0.4, -0.2) is 23.3 Å². The number of nitrogens with one attached hydrogen (secondary N) is 1. The van der Waals surface area contributed by atoms with Crippen LogP contribution < -0.4 is 10.5 Å². The van der Waals surface area contributed by atoms with Crippen LogP contribution in [0.5, 0.6) is 0 Å². The average molecular weight is 316 g/mol. The third-order valence-electron chi connectivity index (χ3n) is 4.06. The highest BCUT2D eigenvalue weighted by atomic mass is 35.5. The first-order valence-electron chi connectivity index (χ1n) is 7.45. The fraction of sp³-hybridized carbons (Fsp3) is 0.294. The molecule has 1 N–H and O–H groups in total. The molecule has 0 atom stereocenters. The molecule has 1 aromatic carbocycles. The molecular formula is C17H18ClN3O. The Balaban J connectivity index is 1.79. The lowest BCUT2D eigenvalue weighted by atomic mass is 9.98. The summed E-state index contributed by atoms with van der Waals surface area (Å²) < 4.78 is 0. The van der Waals surface area contributed by atoms with E-state index in [2.05, 4.69) is 52.4 Å². The number of aromatic amines is 1. The van der Waals surface area contributed by atoms with Gasteiger partial charge < -0.3 is 4.90 Å². The average Bonchev–Trinajstić information content (AvgIpc) is 2.58. The molecule has 0 aliphatic carbocycles. The third kappa shape index (κ3) is 2.92. The van der Waals surface area contributed by atoms with Gasteiger partial charge in [-0.2, -0.15) is 5.10 Å². The van der Waals surface area contributed by atoms with Crippen LogP contribution in [0.3, 0.4) is 0 Å². The van der Waals surface area contributed by atoms with Gasteiger partial charge in [-0.15, -0.1) is 0 Å². The molecule has 2 heterocycles. The molecule has 5 heteroatoms. The Morgan fingerprint density at radius 3 is 2.73 bits per heavy atom. The minimum Gasteiger partial charge on any atom is -0.365 e. The van der Waals surface area contributed by atoms with Crippen LogP contribution in [0.1, 0.15) is 24.5 Å². The van der Waals surface area contributed by atoms with Gasteiger partial charge in [-0.3, -0.25) is 4.79 Å². The van der Waals surface area contributed by atoms with Crippen molar-refractivity contribution >= 4 is 22.9 Å². The maximum absolute atomic E-state index is 11.5. The van der Waals surface area contributed by atoms with Crippen molar-refractivity contribution in [3.05, 3.63) is 63.0 Å². The van der Waals surface area contributed by atoms with Crippen LogP contribution >= 0.6 is 11.6 Å². The van der Waals surface area contributed by atoms with E-state index in [0.29, 0.717) is 5.69 Å². The maximum Gasteiger partial charge on any atom is 0.285 e. The van der Waals surface area contributed by atoms with Crippen molar-refractivity contribution in [3.8, 4) is 0 Å². The van der Waals surface area contributed by atoms with Crippen molar-refractivity contribution in [1.82, 2.24) is 10.2 Å². The number of anilines is 1. The van der Waals surface area contributed by atoms with E-state index in [1.165, 1.54) is 16.7 Å². The summed E-state index contributed by atoms with van der Waals surface area (Å²) in [4.78, 5) is 13.6. The van der Waals surface area contributed by atoms with Crippen molar-refractivity contribution in [2.24, 2.45) is 0 Å². The summed E-state index contributed by atoms with van der Waals surface area (Å²) in [6, 6.07) is 8.73. The second kappa shape index (κ2) is 6.36. The van der Waals surface area contributed by atoms with Gasteiger partial charge in [-0.05, 0) is 29.5 Å². The van der Waals surface area contributed by atoms with Crippen LogP contribution in [0, 0.1) is 0 Å². The molecule has 22 heavy (non-hydrogen) atoms. The number of benzene rings is 1. The molecule has 1 aliphatic rings. The molecule has 0 amide bonds. The van der Waals surface area contributed by atoms with Gasteiger partial charge in [0.2, 0.25) is 0 Å². The molecule has 0 saturated carbocycles. The molecule has 4 nitrogen and oxygen atoms in total. The predicted octanol–water partition coefficient (Wildman–Crippen LogP) is 3.28. The number of aryl methyl sites for hydroxylation is 1. The maximum atomic E-state index is 11.5. The minimum absolute atomic E-state index is 0.208. The highest BCUT2D eigenvalue weighted by Crippen LogP contribution is 2.28. The first kappa shape index (κ1) is 14.9. The van der Waals surface area contributed by atoms with Gasteiger partial charge in [0.25, 0.3) is 5.56 Å². The van der Waals surface area contributed by atoms with E-state index < -0.39 is 0 Å². The first-order chi connectivity index (χ1) is 10.7. The quantitative estimate of drug-likeness (QED) is 0.945. The van der Waals surface area contributed by atoms with E-state index >= 15 is 0 Å². The minimum atomic E-state index is -0.343. The van der Waals surface area contributed by atoms with Gasteiger partial charge in [-0.1, -0.05) is 48.9 Å². The molecule has 2 aromatic rings. The molecule has 0 spiro atoms. The molecular weight excluding hydrogens is 298 g/mol. The number of hydrogen-bond acceptors (Lipinski definition) is 3. The number of halogens is 1. The highest BCUT2D eigenvalue weighted by molar-refractivity contribution is 6.33. The molecule has 0 bridgehead atoms. The fourth-order valence-corrected chi connectivity index (χ4v) is 2.91. The lowest BCUT2D eigenvalue weighted by Crippen LogP contribution is -2.30. The smallest absolute Gasteiger partial charge is 0.285 e. The Hall–Kier alpha value is -2.07. The Morgan fingerprint density at radius 1 is 1.32 bits per heavy atom. The van der Waals surface area contributed by atoms with Gasteiger partial charge in [0, 0.05) is 13.1 Å². The van der Waals surface area contributed by atoms with Crippen molar-refractivity contribution < 1.29 is 0 Å². The van der Waals surface area contributed by atoms with E-state index in [1.54, 1.807) is 6.20 Å². The molecule has 0 saturated heterocycles. The monoisotopic (exact) mass is 315 g/mol. The fourth-order valence-electron chi connectivity index (χ4n) is 2.70. The van der Waals surface area contributed by atoms with Crippen molar-refractivity contribution in [2.45, 2.75) is 19.8 Å². The molecule has 1 aromatic heterocycles. The predicted molar refractivity (Wildman–Crippen MR) is 90.5 cm³/mol. The lowest BCUT2D eigenvalue weighted by molar-refractivity contribution is 0.821. The molecule has 3 rings (SSSR count). The van der Waals surface area contributed by atoms with E-state index in [1.807, 2.05) is 0 Å². The Kier molecular flexibility index (Phi) is 4.29. The van der Waals surface area contributed by atoms with Crippen LogP contribution in [0.4, 0.5) is 5.69 Å². The first-order valence-corrected chi connectivity index (χ1v) is 7.83. The molecule has 0 unspecified atom stereocenters. The van der Waals surface area contributed by atoms with Crippen LogP contribution in [-0.2, 0) is 6.42 Å². The van der Waals surface area contributed by atoms with E-state index in [-0.39, 0.29) is 10.6 Å². The Bertz CT molecular complexity index is 749. The van der Waals surface area contributed by atoms with Gasteiger partial charge in [0.1, 0.15) is 5.02 Å². The normalized spacial score (nSPS) is 14.8. The van der Waals surface area contributed by atoms with Gasteiger partial charge >= 0.3 is 0 Å². The summed E-state index contributed by atoms with van der Waals surface area (Å²) in [7, 11) is 0. The zero-order valence-corrected chi connectivity index (χ0v) is 13.2. The second-order valence-electron chi connectivity index (χ2n) is 5.37. The number of aromatic nitrogens is 2. The summed E-state index contributed by atoms with van der Waals surface area (Å²) in [5.41, 5.74) is 4.31. The molecule has 1 aliphatic heterocycles. The molecule has 0 radical (unpaired) electrons. The second-order valence-corrected chi connectivity index (χ2v) is 5.75.